The summed E-state index contributed by atoms with van der Waals surface area (Å²) in [5.74, 6) is -2.35. The number of benzene rings is 3. The molecule has 222 valence electrons. The van der Waals surface area contributed by atoms with Crippen molar-refractivity contribution in [3.8, 4) is 0 Å². The first kappa shape index (κ1) is 28.2. The molecule has 0 aromatic heterocycles. The largest absolute Gasteiger partial charge is 0.271 e. The molecule has 1 saturated heterocycles. The number of allylic oxidation sites excluding steroid dienone is 1. The number of hydrogen-bond donors (Lipinski definition) is 0. The Morgan fingerprint density at radius 1 is 0.955 bits per heavy atom. The van der Waals surface area contributed by atoms with E-state index in [0.717, 1.165) is 46.6 Å². The summed E-state index contributed by atoms with van der Waals surface area (Å²) in [5, 5.41) is 15.6. The van der Waals surface area contributed by atoms with Crippen LogP contribution in [-0.2, 0) is 14.4 Å². The molecule has 12 heteroatoms. The van der Waals surface area contributed by atoms with Gasteiger partial charge in [0.25, 0.3) is 17.7 Å². The number of hydrogen-bond acceptors (Lipinski definition) is 7. The van der Waals surface area contributed by atoms with Gasteiger partial charge in [0.05, 0.1) is 17.4 Å². The Kier molecular flexibility index (Phi) is 7.16. The lowest BCUT2D eigenvalue weighted by molar-refractivity contribution is -0.136. The number of nitrogens with zero attached hydrogens (tertiary/aromatic N) is 6. The second-order valence-electron chi connectivity index (χ2n) is 11.1. The maximum atomic E-state index is 14.0. The van der Waals surface area contributed by atoms with Crippen LogP contribution in [-0.4, -0.2) is 52.1 Å². The number of carbonyl (C=O) groups is 3. The van der Waals surface area contributed by atoms with Crippen molar-refractivity contribution < 1.29 is 23.2 Å². The van der Waals surface area contributed by atoms with E-state index in [0.29, 0.717) is 10.2 Å². The highest BCUT2D eigenvalue weighted by Gasteiger charge is 2.55. The molecule has 3 aromatic rings. The predicted octanol–water partition coefficient (Wildman–Crippen LogP) is 5.84. The lowest BCUT2D eigenvalue weighted by Gasteiger charge is -2.30. The summed E-state index contributed by atoms with van der Waals surface area (Å²) < 4.78 is 28.1. The number of rotatable bonds is 5. The number of anilines is 1. The van der Waals surface area contributed by atoms with E-state index in [2.05, 4.69) is 26.3 Å². The minimum atomic E-state index is -1.06. The molecule has 0 unspecified atom stereocenters. The number of carbonyl (C=O) groups excluding carboxylic acids is 3. The zero-order valence-electron chi connectivity index (χ0n) is 23.2. The van der Waals surface area contributed by atoms with Gasteiger partial charge in [0.1, 0.15) is 18.2 Å². The van der Waals surface area contributed by atoms with Crippen molar-refractivity contribution in [2.24, 2.45) is 21.4 Å². The van der Waals surface area contributed by atoms with E-state index in [1.807, 2.05) is 6.08 Å². The van der Waals surface area contributed by atoms with Gasteiger partial charge in [0, 0.05) is 10.4 Å². The fourth-order valence-corrected chi connectivity index (χ4v) is 6.78. The third-order valence-electron chi connectivity index (χ3n) is 8.40. The van der Waals surface area contributed by atoms with Crippen LogP contribution in [0, 0.1) is 17.6 Å². The van der Waals surface area contributed by atoms with Crippen LogP contribution in [0.3, 0.4) is 0 Å². The standard InChI is InChI=1S/C32H25BrF2N6O3/c33-21-4-2-5-24(16-21)40-31(43)28-30(32(40)44)39(38-36-28)17-26(42)41-29(19-9-13-23(35)14-10-19)25-6-1-3-20(27(25)37-41)15-18-7-11-22(34)12-8-18/h2,4-5,7-16,25,28-30H,1,3,6,17H2/b20-15+/t25-,28+,29-,30+/m0/s1. The van der Waals surface area contributed by atoms with Gasteiger partial charge in [-0.15, -0.1) is 0 Å². The second kappa shape index (κ2) is 11.2. The van der Waals surface area contributed by atoms with Crippen molar-refractivity contribution in [3.63, 3.8) is 0 Å². The maximum absolute atomic E-state index is 14.0. The molecule has 3 amide bonds. The summed E-state index contributed by atoms with van der Waals surface area (Å²) in [4.78, 5) is 41.7. The molecule has 1 saturated carbocycles. The van der Waals surface area contributed by atoms with Crippen LogP contribution < -0.4 is 4.90 Å². The van der Waals surface area contributed by atoms with Gasteiger partial charge in [-0.3, -0.25) is 19.4 Å². The van der Waals surface area contributed by atoms with Gasteiger partial charge in [-0.25, -0.2) is 18.7 Å². The maximum Gasteiger partial charge on any atom is 0.264 e. The van der Waals surface area contributed by atoms with Crippen LogP contribution in [0.2, 0.25) is 0 Å². The molecule has 7 rings (SSSR count). The monoisotopic (exact) mass is 658 g/mol. The molecule has 2 fully saturated rings. The predicted molar refractivity (Wildman–Crippen MR) is 161 cm³/mol. The average molecular weight is 659 g/mol. The van der Waals surface area contributed by atoms with Gasteiger partial charge in [-0.2, -0.15) is 10.2 Å². The molecular weight excluding hydrogens is 634 g/mol. The van der Waals surface area contributed by atoms with Crippen molar-refractivity contribution in [1.82, 2.24) is 10.0 Å². The molecule has 0 N–H and O–H groups in total. The van der Waals surface area contributed by atoms with E-state index >= 15 is 0 Å². The molecule has 0 bridgehead atoms. The van der Waals surface area contributed by atoms with Crippen molar-refractivity contribution in [2.75, 3.05) is 11.4 Å². The number of amides is 3. The Morgan fingerprint density at radius 2 is 1.68 bits per heavy atom. The van der Waals surface area contributed by atoms with Crippen molar-refractivity contribution in [3.05, 3.63) is 106 Å². The molecule has 3 heterocycles. The van der Waals surface area contributed by atoms with Crippen LogP contribution >= 0.6 is 15.9 Å². The first-order valence-electron chi connectivity index (χ1n) is 14.2. The summed E-state index contributed by atoms with van der Waals surface area (Å²) in [6.07, 6.45) is 4.30. The van der Waals surface area contributed by atoms with Crippen LogP contribution in [0.5, 0.6) is 0 Å². The second-order valence-corrected chi connectivity index (χ2v) is 12.0. The molecule has 9 nitrogen and oxygen atoms in total. The topological polar surface area (TPSA) is 98.0 Å². The smallest absolute Gasteiger partial charge is 0.264 e. The first-order chi connectivity index (χ1) is 21.3. The normalized spacial score (nSPS) is 25.1. The minimum absolute atomic E-state index is 0.153. The summed E-state index contributed by atoms with van der Waals surface area (Å²) in [7, 11) is 0. The zero-order chi connectivity index (χ0) is 30.5. The van der Waals surface area contributed by atoms with Gasteiger partial charge in [0.15, 0.2) is 12.1 Å². The van der Waals surface area contributed by atoms with E-state index in [-0.39, 0.29) is 18.3 Å². The van der Waals surface area contributed by atoms with E-state index in [9.17, 15) is 23.2 Å². The highest BCUT2D eigenvalue weighted by Crippen LogP contribution is 2.45. The van der Waals surface area contributed by atoms with Crippen LogP contribution in [0.15, 0.2) is 98.3 Å². The highest BCUT2D eigenvalue weighted by atomic mass is 79.9. The van der Waals surface area contributed by atoms with Crippen molar-refractivity contribution in [2.45, 2.75) is 37.4 Å². The fraction of sp³-hybridized carbons (Fsp3) is 0.250. The third kappa shape index (κ3) is 4.92. The van der Waals surface area contributed by atoms with E-state index < -0.39 is 41.7 Å². The number of hydrazone groups is 1. The van der Waals surface area contributed by atoms with Crippen molar-refractivity contribution >= 4 is 51.1 Å². The van der Waals surface area contributed by atoms with E-state index in [1.54, 1.807) is 48.5 Å². The van der Waals surface area contributed by atoms with E-state index in [4.69, 9.17) is 5.10 Å². The van der Waals surface area contributed by atoms with Gasteiger partial charge in [-0.1, -0.05) is 51.5 Å². The Bertz CT molecular complexity index is 1760. The lowest BCUT2D eigenvalue weighted by atomic mass is 9.77. The van der Waals surface area contributed by atoms with E-state index in [1.165, 1.54) is 34.3 Å². The highest BCUT2D eigenvalue weighted by molar-refractivity contribution is 9.10. The lowest BCUT2D eigenvalue weighted by Crippen LogP contribution is -2.45. The molecule has 3 aliphatic heterocycles. The van der Waals surface area contributed by atoms with Crippen LogP contribution in [0.25, 0.3) is 6.08 Å². The third-order valence-corrected chi connectivity index (χ3v) is 8.89. The quantitative estimate of drug-likeness (QED) is 0.322. The minimum Gasteiger partial charge on any atom is -0.271 e. The Balaban J connectivity index is 1.19. The van der Waals surface area contributed by atoms with Gasteiger partial charge in [-0.05, 0) is 84.5 Å². The zero-order valence-corrected chi connectivity index (χ0v) is 24.8. The van der Waals surface area contributed by atoms with Crippen LogP contribution in [0.4, 0.5) is 14.5 Å². The Hall–Kier alpha value is -4.58. The summed E-state index contributed by atoms with van der Waals surface area (Å²) in [6, 6.07) is 16.4. The number of halogens is 3. The first-order valence-corrected chi connectivity index (χ1v) is 15.0. The van der Waals surface area contributed by atoms with Crippen LogP contribution in [0.1, 0.15) is 36.4 Å². The SMILES string of the molecule is O=C1[C@@H]2N=NN(CC(=O)N3N=C4/C(=C/c5ccc(F)cc5)CCC[C@@H]4[C@@H]3c3ccc(F)cc3)[C@H]2C(=O)N1c1cccc(Br)c1. The molecule has 3 aromatic carbocycles. The summed E-state index contributed by atoms with van der Waals surface area (Å²) >= 11 is 3.37. The Labute approximate surface area is 259 Å². The average Bonchev–Trinajstić information content (AvgIpc) is 3.68. The molecule has 0 radical (unpaired) electrons. The summed E-state index contributed by atoms with van der Waals surface area (Å²) in [5.41, 5.74) is 3.63. The fourth-order valence-electron chi connectivity index (χ4n) is 6.40. The Morgan fingerprint density at radius 3 is 2.41 bits per heavy atom. The molecule has 44 heavy (non-hydrogen) atoms. The van der Waals surface area contributed by atoms with Gasteiger partial charge < -0.3 is 0 Å². The molecular formula is C32H25BrF2N6O3. The summed E-state index contributed by atoms with van der Waals surface area (Å²) in [6.45, 7) is -0.339. The van der Waals surface area contributed by atoms with Crippen molar-refractivity contribution in [1.29, 1.82) is 0 Å². The number of fused-ring (bicyclic) bond motifs is 2. The van der Waals surface area contributed by atoms with Gasteiger partial charge in [0.2, 0.25) is 0 Å². The molecule has 1 aliphatic carbocycles. The molecule has 0 spiro atoms. The number of imide groups is 1. The molecule has 4 aliphatic rings. The molecule has 4 atom stereocenters. The van der Waals surface area contributed by atoms with Gasteiger partial charge >= 0.3 is 0 Å².